The Balaban J connectivity index is 1.57. The van der Waals surface area contributed by atoms with Crippen LogP contribution in [0.2, 0.25) is 5.02 Å². The second-order valence-electron chi connectivity index (χ2n) is 8.57. The minimum atomic E-state index is 0.253. The molecule has 0 spiro atoms. The Morgan fingerprint density at radius 1 is 1.30 bits per heavy atom. The molecule has 3 rings (SSSR count). The molecule has 33 heavy (non-hydrogen) atoms. The number of nitrogens with zero attached hydrogens (tertiary/aromatic N) is 5. The highest BCUT2D eigenvalue weighted by molar-refractivity contribution is 6.32. The van der Waals surface area contributed by atoms with Gasteiger partial charge in [-0.2, -0.15) is 5.10 Å². The molecule has 1 aliphatic heterocycles. The molecule has 0 aliphatic carbocycles. The van der Waals surface area contributed by atoms with Crippen molar-refractivity contribution in [2.24, 2.45) is 15.9 Å². The van der Waals surface area contributed by atoms with Gasteiger partial charge in [-0.3, -0.25) is 14.9 Å². The molecule has 178 valence electrons. The average molecular weight is 472 g/mol. The second-order valence-corrected chi connectivity index (χ2v) is 8.98. The average Bonchev–Trinajstić information content (AvgIpc) is 2.81. The molecule has 0 unspecified atom stereocenters. The number of pyridine rings is 1. The van der Waals surface area contributed by atoms with Crippen LogP contribution in [0.3, 0.4) is 0 Å². The third kappa shape index (κ3) is 6.90. The van der Waals surface area contributed by atoms with E-state index in [-0.39, 0.29) is 6.04 Å². The van der Waals surface area contributed by atoms with E-state index < -0.39 is 0 Å². The lowest BCUT2D eigenvalue weighted by Gasteiger charge is -2.33. The highest BCUT2D eigenvalue weighted by Gasteiger charge is 2.25. The summed E-state index contributed by atoms with van der Waals surface area (Å²) in [7, 11) is 1.93. The van der Waals surface area contributed by atoms with Gasteiger partial charge in [0.05, 0.1) is 28.7 Å². The topological polar surface area (TPSA) is 105 Å². The molecule has 2 aromatic rings. The fraction of sp³-hybridized carbons (Fsp3) is 0.458. The van der Waals surface area contributed by atoms with Crippen LogP contribution in [0.25, 0.3) is 0 Å². The molecular weight excluding hydrogens is 438 g/mol. The van der Waals surface area contributed by atoms with Crippen molar-refractivity contribution in [1.82, 2.24) is 14.9 Å². The van der Waals surface area contributed by atoms with E-state index in [9.17, 15) is 0 Å². The van der Waals surface area contributed by atoms with Gasteiger partial charge in [0.2, 0.25) is 0 Å². The summed E-state index contributed by atoms with van der Waals surface area (Å²) in [6.07, 6.45) is 5.42. The van der Waals surface area contributed by atoms with Gasteiger partial charge in [-0.05, 0) is 63.9 Å². The molecule has 1 aromatic carbocycles. The minimum Gasteiger partial charge on any atom is -0.404 e. The fourth-order valence-electron chi connectivity index (χ4n) is 3.77. The molecule has 0 saturated carbocycles. The van der Waals surface area contributed by atoms with Crippen LogP contribution in [0.4, 0.5) is 5.69 Å². The van der Waals surface area contributed by atoms with E-state index in [1.165, 1.54) is 5.56 Å². The van der Waals surface area contributed by atoms with Gasteiger partial charge in [-0.1, -0.05) is 23.7 Å². The fourth-order valence-corrected chi connectivity index (χ4v) is 3.95. The van der Waals surface area contributed by atoms with Crippen molar-refractivity contribution >= 4 is 29.2 Å². The predicted molar refractivity (Wildman–Crippen MR) is 136 cm³/mol. The standard InChI is InChI=1S/C24H34ClN7O/c1-17(2)31(3)33-24-20(6-4-8-22(24)26)18-9-12-32(13-10-18)16-19(30-27)14-28-15-23-21(25)7-5-11-29-23/h4-8,11,14,17-18H,9-10,12-13,15-16,26-27H2,1-3H3. The number of likely N-dealkylation sites (tertiary alicyclic amines) is 1. The van der Waals surface area contributed by atoms with Gasteiger partial charge in [0.25, 0.3) is 0 Å². The van der Waals surface area contributed by atoms with Gasteiger partial charge in [0.1, 0.15) is 0 Å². The van der Waals surface area contributed by atoms with Crippen molar-refractivity contribution in [3.05, 3.63) is 52.8 Å². The summed E-state index contributed by atoms with van der Waals surface area (Å²) < 4.78 is 0. The highest BCUT2D eigenvalue weighted by atomic mass is 35.5. The number of hydrazone groups is 1. The maximum Gasteiger partial charge on any atom is 0.173 e. The van der Waals surface area contributed by atoms with Crippen molar-refractivity contribution in [3.8, 4) is 5.75 Å². The third-order valence-electron chi connectivity index (χ3n) is 5.93. The number of halogens is 1. The Labute approximate surface area is 201 Å². The van der Waals surface area contributed by atoms with Crippen molar-refractivity contribution < 1.29 is 4.84 Å². The van der Waals surface area contributed by atoms with Crippen LogP contribution < -0.4 is 16.4 Å². The van der Waals surface area contributed by atoms with Crippen LogP contribution in [0, 0.1) is 0 Å². The van der Waals surface area contributed by atoms with Crippen LogP contribution in [-0.4, -0.2) is 59.6 Å². The van der Waals surface area contributed by atoms with Gasteiger partial charge in [0, 0.05) is 37.6 Å². The van der Waals surface area contributed by atoms with E-state index in [0.717, 1.165) is 43.1 Å². The van der Waals surface area contributed by atoms with E-state index in [0.29, 0.717) is 29.7 Å². The molecular formula is C24H34ClN7O. The van der Waals surface area contributed by atoms with E-state index in [1.807, 2.05) is 24.2 Å². The number of hydroxylamine groups is 2. The molecule has 0 bridgehead atoms. The van der Waals surface area contributed by atoms with Gasteiger partial charge in [0.15, 0.2) is 5.75 Å². The monoisotopic (exact) mass is 471 g/mol. The lowest BCUT2D eigenvalue weighted by Crippen LogP contribution is -2.38. The first-order valence-electron chi connectivity index (χ1n) is 11.3. The third-order valence-corrected chi connectivity index (χ3v) is 6.28. The van der Waals surface area contributed by atoms with Gasteiger partial charge >= 0.3 is 0 Å². The molecule has 9 heteroatoms. The molecule has 8 nitrogen and oxygen atoms in total. The summed E-state index contributed by atoms with van der Waals surface area (Å²) >= 11 is 6.14. The molecule has 1 saturated heterocycles. The number of rotatable bonds is 9. The molecule has 0 amide bonds. The summed E-state index contributed by atoms with van der Waals surface area (Å²) in [5.74, 6) is 6.78. The first-order valence-corrected chi connectivity index (χ1v) is 11.6. The first kappa shape index (κ1) is 25.0. The number of piperidine rings is 1. The van der Waals surface area contributed by atoms with E-state index in [4.69, 9.17) is 28.0 Å². The maximum atomic E-state index is 6.27. The Bertz CT molecular complexity index is 971. The van der Waals surface area contributed by atoms with Crippen LogP contribution in [-0.2, 0) is 6.54 Å². The maximum absolute atomic E-state index is 6.27. The van der Waals surface area contributed by atoms with E-state index >= 15 is 0 Å². The summed E-state index contributed by atoms with van der Waals surface area (Å²) in [5, 5.41) is 6.36. The van der Waals surface area contributed by atoms with Gasteiger partial charge < -0.3 is 16.4 Å². The summed E-state index contributed by atoms with van der Waals surface area (Å²) in [4.78, 5) is 17.1. The zero-order chi connectivity index (χ0) is 23.8. The minimum absolute atomic E-state index is 0.253. The lowest BCUT2D eigenvalue weighted by molar-refractivity contribution is -0.0596. The molecule has 1 aromatic heterocycles. The number of anilines is 1. The zero-order valence-electron chi connectivity index (χ0n) is 19.6. The Morgan fingerprint density at radius 3 is 2.73 bits per heavy atom. The molecule has 1 aliphatic rings. The van der Waals surface area contributed by atoms with Crippen molar-refractivity contribution in [2.45, 2.75) is 45.2 Å². The van der Waals surface area contributed by atoms with Gasteiger partial charge in [-0.15, -0.1) is 5.06 Å². The molecule has 1 fully saturated rings. The SMILES string of the molecule is CC(C)N(C)Oc1c(N)cccc1C1CCN(CC(C=NCc2ncccc2Cl)=NN)CC1. The number of benzene rings is 1. The Kier molecular flexibility index (Phi) is 9.05. The second kappa shape index (κ2) is 12.0. The smallest absolute Gasteiger partial charge is 0.173 e. The molecule has 4 N–H and O–H groups in total. The summed E-state index contributed by atoms with van der Waals surface area (Å²) in [6, 6.07) is 9.88. The number of aromatic nitrogens is 1. The molecule has 0 radical (unpaired) electrons. The number of hydrogen-bond donors (Lipinski definition) is 2. The Hall–Kier alpha value is -2.68. The normalized spacial score (nSPS) is 16.2. The quantitative estimate of drug-likeness (QED) is 0.250. The molecule has 0 atom stereocenters. The Morgan fingerprint density at radius 2 is 2.06 bits per heavy atom. The van der Waals surface area contributed by atoms with E-state index in [2.05, 4.69) is 39.9 Å². The predicted octanol–water partition coefficient (Wildman–Crippen LogP) is 3.72. The van der Waals surface area contributed by atoms with Gasteiger partial charge in [-0.25, -0.2) is 0 Å². The number of nitrogens with two attached hydrogens (primary N) is 2. The number of aliphatic imine (C=N–C) groups is 1. The lowest BCUT2D eigenvalue weighted by atomic mass is 9.88. The van der Waals surface area contributed by atoms with Crippen molar-refractivity contribution in [1.29, 1.82) is 0 Å². The largest absolute Gasteiger partial charge is 0.404 e. The zero-order valence-corrected chi connectivity index (χ0v) is 20.4. The van der Waals surface area contributed by atoms with Crippen LogP contribution in [0.15, 0.2) is 46.6 Å². The highest BCUT2D eigenvalue weighted by Crippen LogP contribution is 2.38. The van der Waals surface area contributed by atoms with Crippen LogP contribution >= 0.6 is 11.6 Å². The number of nitrogen functional groups attached to an aromatic ring is 1. The van der Waals surface area contributed by atoms with Crippen molar-refractivity contribution in [3.63, 3.8) is 0 Å². The van der Waals surface area contributed by atoms with Crippen LogP contribution in [0.5, 0.6) is 5.75 Å². The van der Waals surface area contributed by atoms with E-state index in [1.54, 1.807) is 24.5 Å². The number of para-hydroxylation sites is 1. The summed E-state index contributed by atoms with van der Waals surface area (Å²) in [6.45, 7) is 7.07. The van der Waals surface area contributed by atoms with Crippen molar-refractivity contribution in [2.75, 3.05) is 32.4 Å². The first-order chi connectivity index (χ1) is 15.9. The van der Waals surface area contributed by atoms with Crippen LogP contribution in [0.1, 0.15) is 43.9 Å². The summed E-state index contributed by atoms with van der Waals surface area (Å²) in [5.41, 5.74) is 9.57. The number of hydrogen-bond acceptors (Lipinski definition) is 8. The molecule has 2 heterocycles.